The number of benzene rings is 1. The highest BCUT2D eigenvalue weighted by Crippen LogP contribution is 2.22. The van der Waals surface area contributed by atoms with E-state index in [2.05, 4.69) is 9.71 Å². The molecule has 20 heavy (non-hydrogen) atoms. The fraction of sp³-hybridized carbons (Fsp3) is 0.0769. The second-order valence-corrected chi connectivity index (χ2v) is 5.67. The fourth-order valence-corrected chi connectivity index (χ4v) is 2.92. The van der Waals surface area contributed by atoms with Crippen molar-refractivity contribution in [1.29, 1.82) is 5.26 Å². The SMILES string of the molecule is Cc1cnccc1NS(=O)(=O)c1cccc(F)c1C#N. The van der Waals surface area contributed by atoms with Gasteiger partial charge in [-0.3, -0.25) is 9.71 Å². The zero-order valence-electron chi connectivity index (χ0n) is 10.5. The molecule has 5 nitrogen and oxygen atoms in total. The second kappa shape index (κ2) is 5.27. The zero-order valence-corrected chi connectivity index (χ0v) is 11.3. The normalized spacial score (nSPS) is 10.8. The Bertz CT molecular complexity index is 798. The van der Waals surface area contributed by atoms with Gasteiger partial charge >= 0.3 is 0 Å². The molecule has 102 valence electrons. The van der Waals surface area contributed by atoms with E-state index >= 15 is 0 Å². The number of aromatic nitrogens is 1. The Morgan fingerprint density at radius 3 is 2.75 bits per heavy atom. The minimum Gasteiger partial charge on any atom is -0.279 e. The van der Waals surface area contributed by atoms with Gasteiger partial charge in [0.2, 0.25) is 0 Å². The summed E-state index contributed by atoms with van der Waals surface area (Å²) in [6.45, 7) is 1.68. The molecule has 1 aromatic heterocycles. The van der Waals surface area contributed by atoms with Crippen LogP contribution in [0.1, 0.15) is 11.1 Å². The van der Waals surface area contributed by atoms with Crippen molar-refractivity contribution in [3.8, 4) is 6.07 Å². The highest BCUT2D eigenvalue weighted by Gasteiger charge is 2.21. The van der Waals surface area contributed by atoms with Crippen molar-refractivity contribution >= 4 is 15.7 Å². The zero-order chi connectivity index (χ0) is 14.8. The van der Waals surface area contributed by atoms with Gasteiger partial charge in [0, 0.05) is 12.4 Å². The van der Waals surface area contributed by atoms with Crippen molar-refractivity contribution in [2.45, 2.75) is 11.8 Å². The Labute approximate surface area is 115 Å². The number of sulfonamides is 1. The predicted octanol–water partition coefficient (Wildman–Crippen LogP) is 2.20. The molecule has 2 aromatic rings. The lowest BCUT2D eigenvalue weighted by molar-refractivity contribution is 0.593. The molecule has 0 fully saturated rings. The predicted molar refractivity (Wildman–Crippen MR) is 70.9 cm³/mol. The molecule has 0 amide bonds. The number of rotatable bonds is 3. The van der Waals surface area contributed by atoms with Crippen LogP contribution in [-0.4, -0.2) is 13.4 Å². The third-order valence-electron chi connectivity index (χ3n) is 2.64. The van der Waals surface area contributed by atoms with E-state index in [1.54, 1.807) is 13.0 Å². The second-order valence-electron chi connectivity index (χ2n) is 4.02. The number of hydrogen-bond acceptors (Lipinski definition) is 4. The molecule has 1 heterocycles. The molecule has 0 atom stereocenters. The van der Waals surface area contributed by atoms with Crippen molar-refractivity contribution in [3.05, 3.63) is 53.6 Å². The van der Waals surface area contributed by atoms with Gasteiger partial charge < -0.3 is 0 Å². The summed E-state index contributed by atoms with van der Waals surface area (Å²) in [5.74, 6) is -0.873. The molecule has 0 spiro atoms. The molecular weight excluding hydrogens is 281 g/mol. The van der Waals surface area contributed by atoms with E-state index in [9.17, 15) is 12.8 Å². The number of nitriles is 1. The first-order valence-electron chi connectivity index (χ1n) is 5.58. The van der Waals surface area contributed by atoms with E-state index in [4.69, 9.17) is 5.26 Å². The summed E-state index contributed by atoms with van der Waals surface area (Å²) in [5, 5.41) is 8.89. The van der Waals surface area contributed by atoms with Crippen LogP contribution < -0.4 is 4.72 Å². The van der Waals surface area contributed by atoms with Crippen LogP contribution in [0.15, 0.2) is 41.6 Å². The van der Waals surface area contributed by atoms with Crippen LogP contribution >= 0.6 is 0 Å². The van der Waals surface area contributed by atoms with E-state index in [1.807, 2.05) is 0 Å². The van der Waals surface area contributed by atoms with E-state index in [0.29, 0.717) is 11.3 Å². The van der Waals surface area contributed by atoms with Crippen molar-refractivity contribution in [1.82, 2.24) is 4.98 Å². The molecule has 0 aliphatic heterocycles. The molecule has 0 aliphatic rings. The first kappa shape index (κ1) is 14.0. The molecule has 0 saturated heterocycles. The van der Waals surface area contributed by atoms with Gasteiger partial charge in [0.15, 0.2) is 0 Å². The summed E-state index contributed by atoms with van der Waals surface area (Å²) in [7, 11) is -4.04. The molecule has 0 bridgehead atoms. The third kappa shape index (κ3) is 2.60. The average molecular weight is 291 g/mol. The lowest BCUT2D eigenvalue weighted by Gasteiger charge is -2.11. The molecule has 1 N–H and O–H groups in total. The van der Waals surface area contributed by atoms with Crippen LogP contribution in [0.3, 0.4) is 0 Å². The summed E-state index contributed by atoms with van der Waals surface area (Å²) >= 11 is 0. The standard InChI is InChI=1S/C13H10FN3O2S/c1-9-8-16-6-5-12(9)17-20(18,19)13-4-2-3-11(14)10(13)7-15/h2-6,8H,1H3,(H,16,17). The lowest BCUT2D eigenvalue weighted by atomic mass is 10.2. The van der Waals surface area contributed by atoms with Gasteiger partial charge in [-0.15, -0.1) is 0 Å². The minimum absolute atomic E-state index is 0.327. The molecule has 0 saturated carbocycles. The molecule has 7 heteroatoms. The number of aryl methyl sites for hydroxylation is 1. The molecule has 2 rings (SSSR count). The van der Waals surface area contributed by atoms with Crippen molar-refractivity contribution < 1.29 is 12.8 Å². The number of nitrogens with zero attached hydrogens (tertiary/aromatic N) is 2. The van der Waals surface area contributed by atoms with Gasteiger partial charge in [0.1, 0.15) is 22.3 Å². The summed E-state index contributed by atoms with van der Waals surface area (Å²) in [5.41, 5.74) is 0.436. The van der Waals surface area contributed by atoms with Crippen molar-refractivity contribution in [3.63, 3.8) is 0 Å². The van der Waals surface area contributed by atoms with Gasteiger partial charge in [0.05, 0.1) is 5.69 Å². The smallest absolute Gasteiger partial charge is 0.263 e. The largest absolute Gasteiger partial charge is 0.279 e. The number of nitrogens with one attached hydrogen (secondary N) is 1. The Hall–Kier alpha value is -2.46. The molecular formula is C13H10FN3O2S. The van der Waals surface area contributed by atoms with Crippen molar-refractivity contribution in [2.75, 3.05) is 4.72 Å². The van der Waals surface area contributed by atoms with Crippen LogP contribution in [0.2, 0.25) is 0 Å². The average Bonchev–Trinajstić information content (AvgIpc) is 2.41. The molecule has 0 radical (unpaired) electrons. The van der Waals surface area contributed by atoms with Crippen LogP contribution in [0.25, 0.3) is 0 Å². The summed E-state index contributed by atoms with van der Waals surface area (Å²) < 4.78 is 40.3. The Morgan fingerprint density at radius 1 is 1.35 bits per heavy atom. The van der Waals surface area contributed by atoms with Gasteiger partial charge in [-0.1, -0.05) is 6.07 Å². The third-order valence-corrected chi connectivity index (χ3v) is 4.05. The minimum atomic E-state index is -4.04. The maximum absolute atomic E-state index is 13.5. The number of hydrogen-bond donors (Lipinski definition) is 1. The summed E-state index contributed by atoms with van der Waals surface area (Å²) in [6, 6.07) is 6.51. The maximum Gasteiger partial charge on any atom is 0.263 e. The first-order chi connectivity index (χ1) is 9.45. The van der Waals surface area contributed by atoms with Crippen LogP contribution in [0.5, 0.6) is 0 Å². The summed E-state index contributed by atoms with van der Waals surface area (Å²) in [6.07, 6.45) is 2.93. The highest BCUT2D eigenvalue weighted by molar-refractivity contribution is 7.92. The van der Waals surface area contributed by atoms with Crippen LogP contribution in [-0.2, 0) is 10.0 Å². The van der Waals surface area contributed by atoms with E-state index in [1.165, 1.54) is 30.6 Å². The van der Waals surface area contributed by atoms with E-state index < -0.39 is 26.3 Å². The van der Waals surface area contributed by atoms with E-state index in [-0.39, 0.29) is 0 Å². The monoisotopic (exact) mass is 291 g/mol. The number of anilines is 1. The van der Waals surface area contributed by atoms with Gasteiger partial charge in [-0.2, -0.15) is 5.26 Å². The van der Waals surface area contributed by atoms with Crippen molar-refractivity contribution in [2.24, 2.45) is 0 Å². The van der Waals surface area contributed by atoms with Crippen LogP contribution in [0, 0.1) is 24.1 Å². The first-order valence-corrected chi connectivity index (χ1v) is 7.06. The van der Waals surface area contributed by atoms with Gasteiger partial charge in [0.25, 0.3) is 10.0 Å². The molecule has 0 unspecified atom stereocenters. The fourth-order valence-electron chi connectivity index (χ4n) is 1.62. The molecule has 0 aliphatic carbocycles. The highest BCUT2D eigenvalue weighted by atomic mass is 32.2. The van der Waals surface area contributed by atoms with Gasteiger partial charge in [-0.05, 0) is 30.7 Å². The topological polar surface area (TPSA) is 82.8 Å². The quantitative estimate of drug-likeness (QED) is 0.939. The van der Waals surface area contributed by atoms with Crippen LogP contribution in [0.4, 0.5) is 10.1 Å². The summed E-state index contributed by atoms with van der Waals surface area (Å²) in [4.78, 5) is 3.46. The maximum atomic E-state index is 13.5. The van der Waals surface area contributed by atoms with Gasteiger partial charge in [-0.25, -0.2) is 12.8 Å². The Morgan fingerprint density at radius 2 is 2.10 bits per heavy atom. The number of halogens is 1. The molecule has 1 aromatic carbocycles. The lowest BCUT2D eigenvalue weighted by Crippen LogP contribution is -2.15. The number of pyridine rings is 1. The Kier molecular flexibility index (Phi) is 3.68. The van der Waals surface area contributed by atoms with E-state index in [0.717, 1.165) is 6.07 Å². The Balaban J connectivity index is 2.50.